The molecule has 0 atom stereocenters. The lowest BCUT2D eigenvalue weighted by Crippen LogP contribution is -2.10. The summed E-state index contributed by atoms with van der Waals surface area (Å²) in [6.45, 7) is 4.05. The van der Waals surface area contributed by atoms with E-state index in [1.54, 1.807) is 7.11 Å². The van der Waals surface area contributed by atoms with Gasteiger partial charge >= 0.3 is 0 Å². The van der Waals surface area contributed by atoms with Crippen molar-refractivity contribution in [3.8, 4) is 5.75 Å². The fraction of sp³-hybridized carbons (Fsp3) is 0.500. The van der Waals surface area contributed by atoms with Crippen LogP contribution in [0.3, 0.4) is 0 Å². The maximum Gasteiger partial charge on any atom is 0.139 e. The molecular formula is C12H15BrO2. The monoisotopic (exact) mass is 270 g/mol. The van der Waals surface area contributed by atoms with Crippen molar-refractivity contribution in [3.05, 3.63) is 27.2 Å². The van der Waals surface area contributed by atoms with Crippen molar-refractivity contribution >= 4 is 15.9 Å². The zero-order valence-corrected chi connectivity index (χ0v) is 10.8. The molecule has 1 saturated carbocycles. The molecule has 3 heteroatoms. The summed E-state index contributed by atoms with van der Waals surface area (Å²) < 4.78 is 6.35. The van der Waals surface area contributed by atoms with E-state index in [9.17, 15) is 5.11 Å². The van der Waals surface area contributed by atoms with Gasteiger partial charge in [0.1, 0.15) is 5.75 Å². The molecule has 0 bridgehead atoms. The predicted molar refractivity (Wildman–Crippen MR) is 63.3 cm³/mol. The van der Waals surface area contributed by atoms with Gasteiger partial charge in [0.15, 0.2) is 0 Å². The number of rotatable bonds is 2. The molecule has 1 fully saturated rings. The Balaban J connectivity index is 2.66. The molecule has 0 amide bonds. The summed E-state index contributed by atoms with van der Waals surface area (Å²) in [5.41, 5.74) is 2.54. The van der Waals surface area contributed by atoms with Gasteiger partial charge in [-0.1, -0.05) is 6.07 Å². The summed E-state index contributed by atoms with van der Waals surface area (Å²) in [7, 11) is 1.65. The van der Waals surface area contributed by atoms with E-state index in [0.717, 1.165) is 39.8 Å². The lowest BCUT2D eigenvalue weighted by Gasteiger charge is -2.19. The lowest BCUT2D eigenvalue weighted by atomic mass is 9.98. The van der Waals surface area contributed by atoms with Gasteiger partial charge in [-0.2, -0.15) is 0 Å². The second-order valence-corrected chi connectivity index (χ2v) is 5.06. The summed E-state index contributed by atoms with van der Waals surface area (Å²) in [6.07, 6.45) is 1.67. The molecule has 0 radical (unpaired) electrons. The van der Waals surface area contributed by atoms with Crippen LogP contribution >= 0.6 is 15.9 Å². The predicted octanol–water partition coefficient (Wildman–Crippen LogP) is 3.06. The smallest absolute Gasteiger partial charge is 0.139 e. The summed E-state index contributed by atoms with van der Waals surface area (Å²) >= 11 is 3.51. The molecule has 0 spiro atoms. The Morgan fingerprint density at radius 1 is 1.33 bits per heavy atom. The number of aliphatic hydroxyl groups is 1. The van der Waals surface area contributed by atoms with Crippen LogP contribution < -0.4 is 4.74 Å². The van der Waals surface area contributed by atoms with Crippen molar-refractivity contribution in [2.45, 2.75) is 32.3 Å². The van der Waals surface area contributed by atoms with Crippen molar-refractivity contribution in [1.29, 1.82) is 0 Å². The number of ether oxygens (including phenoxy) is 1. The highest BCUT2D eigenvalue weighted by atomic mass is 79.9. The Hall–Kier alpha value is -0.540. The minimum Gasteiger partial charge on any atom is -0.495 e. The van der Waals surface area contributed by atoms with Gasteiger partial charge in [-0.05, 0) is 53.7 Å². The second-order valence-electron chi connectivity index (χ2n) is 4.26. The molecule has 1 aromatic rings. The van der Waals surface area contributed by atoms with E-state index in [2.05, 4.69) is 22.0 Å². The van der Waals surface area contributed by atoms with E-state index in [1.165, 1.54) is 0 Å². The summed E-state index contributed by atoms with van der Waals surface area (Å²) in [4.78, 5) is 0. The number of hydrogen-bond acceptors (Lipinski definition) is 2. The van der Waals surface area contributed by atoms with Crippen LogP contribution in [-0.4, -0.2) is 12.2 Å². The summed E-state index contributed by atoms with van der Waals surface area (Å²) in [6, 6.07) is 2.08. The van der Waals surface area contributed by atoms with Crippen molar-refractivity contribution in [3.63, 3.8) is 0 Å². The number of benzene rings is 1. The van der Waals surface area contributed by atoms with Gasteiger partial charge in [0.2, 0.25) is 0 Å². The van der Waals surface area contributed by atoms with Gasteiger partial charge in [0.25, 0.3) is 0 Å². The number of aryl methyl sites for hydroxylation is 2. The third-order valence-electron chi connectivity index (χ3n) is 2.99. The number of halogens is 1. The molecule has 82 valence electrons. The highest BCUT2D eigenvalue weighted by Crippen LogP contribution is 2.52. The molecule has 0 saturated heterocycles. The van der Waals surface area contributed by atoms with Crippen LogP contribution in [-0.2, 0) is 5.60 Å². The Labute approximate surface area is 98.4 Å². The largest absolute Gasteiger partial charge is 0.495 e. The normalized spacial score (nSPS) is 17.7. The van der Waals surface area contributed by atoms with Gasteiger partial charge in [-0.25, -0.2) is 0 Å². The standard InChI is InChI=1S/C12H15BrO2/c1-7-6-8(2)10(13)11(15-3)9(7)12(14)4-5-12/h6,14H,4-5H2,1-3H3. The van der Waals surface area contributed by atoms with Crippen LogP contribution in [0.25, 0.3) is 0 Å². The van der Waals surface area contributed by atoms with E-state index < -0.39 is 5.60 Å². The highest BCUT2D eigenvalue weighted by molar-refractivity contribution is 9.10. The minimum atomic E-state index is -0.647. The van der Waals surface area contributed by atoms with Gasteiger partial charge in [0, 0.05) is 5.56 Å². The van der Waals surface area contributed by atoms with E-state index in [4.69, 9.17) is 4.74 Å². The van der Waals surface area contributed by atoms with Crippen molar-refractivity contribution in [2.75, 3.05) is 7.11 Å². The zero-order valence-electron chi connectivity index (χ0n) is 9.22. The quantitative estimate of drug-likeness (QED) is 0.895. The van der Waals surface area contributed by atoms with Gasteiger partial charge in [-0.15, -0.1) is 0 Å². The van der Waals surface area contributed by atoms with Crippen LogP contribution in [0, 0.1) is 13.8 Å². The maximum absolute atomic E-state index is 10.2. The zero-order chi connectivity index (χ0) is 11.2. The summed E-state index contributed by atoms with van der Waals surface area (Å²) in [5.74, 6) is 0.785. The van der Waals surface area contributed by atoms with E-state index >= 15 is 0 Å². The molecule has 1 aliphatic rings. The SMILES string of the molecule is COc1c(Br)c(C)cc(C)c1C1(O)CC1. The maximum atomic E-state index is 10.2. The first kappa shape index (κ1) is 11.0. The number of hydrogen-bond donors (Lipinski definition) is 1. The van der Waals surface area contributed by atoms with E-state index in [0.29, 0.717) is 0 Å². The molecule has 2 nitrogen and oxygen atoms in total. The molecule has 1 aliphatic carbocycles. The van der Waals surface area contributed by atoms with Crippen LogP contribution in [0.4, 0.5) is 0 Å². The Morgan fingerprint density at radius 2 is 1.93 bits per heavy atom. The average Bonchev–Trinajstić information content (AvgIpc) is 2.90. The fourth-order valence-corrected chi connectivity index (χ4v) is 2.54. The van der Waals surface area contributed by atoms with Crippen molar-refractivity contribution in [2.24, 2.45) is 0 Å². The van der Waals surface area contributed by atoms with Crippen molar-refractivity contribution < 1.29 is 9.84 Å². The molecule has 0 heterocycles. The van der Waals surface area contributed by atoms with Gasteiger partial charge < -0.3 is 9.84 Å². The number of methoxy groups -OCH3 is 1. The molecular weight excluding hydrogens is 256 g/mol. The molecule has 1 aromatic carbocycles. The topological polar surface area (TPSA) is 29.5 Å². The van der Waals surface area contributed by atoms with Gasteiger partial charge in [-0.3, -0.25) is 0 Å². The third-order valence-corrected chi connectivity index (χ3v) is 3.98. The molecule has 1 N–H and O–H groups in total. The highest BCUT2D eigenvalue weighted by Gasteiger charge is 2.45. The van der Waals surface area contributed by atoms with Crippen LogP contribution in [0.2, 0.25) is 0 Å². The summed E-state index contributed by atoms with van der Waals surface area (Å²) in [5, 5.41) is 10.2. The first-order chi connectivity index (χ1) is 6.99. The Bertz CT molecular complexity index is 409. The van der Waals surface area contributed by atoms with Crippen LogP contribution in [0.1, 0.15) is 29.5 Å². The van der Waals surface area contributed by atoms with Crippen molar-refractivity contribution in [1.82, 2.24) is 0 Å². The van der Waals surface area contributed by atoms with Gasteiger partial charge in [0.05, 0.1) is 17.2 Å². The molecule has 2 rings (SSSR count). The second kappa shape index (κ2) is 3.49. The molecule has 0 aliphatic heterocycles. The lowest BCUT2D eigenvalue weighted by molar-refractivity contribution is 0.146. The Kier molecular flexibility index (Phi) is 2.55. The third kappa shape index (κ3) is 1.68. The van der Waals surface area contributed by atoms with Crippen LogP contribution in [0.15, 0.2) is 10.5 Å². The first-order valence-corrected chi connectivity index (χ1v) is 5.85. The fourth-order valence-electron chi connectivity index (χ4n) is 2.07. The van der Waals surface area contributed by atoms with Crippen LogP contribution in [0.5, 0.6) is 5.75 Å². The van der Waals surface area contributed by atoms with E-state index in [-0.39, 0.29) is 0 Å². The molecule has 0 aromatic heterocycles. The Morgan fingerprint density at radius 3 is 2.40 bits per heavy atom. The molecule has 15 heavy (non-hydrogen) atoms. The molecule has 0 unspecified atom stereocenters. The first-order valence-electron chi connectivity index (χ1n) is 5.06. The van der Waals surface area contributed by atoms with E-state index in [1.807, 2.05) is 13.8 Å². The average molecular weight is 271 g/mol. The minimum absolute atomic E-state index is 0.647.